The van der Waals surface area contributed by atoms with Crippen molar-refractivity contribution in [3.05, 3.63) is 53.2 Å². The van der Waals surface area contributed by atoms with Crippen molar-refractivity contribution in [3.8, 4) is 0 Å². The number of nitrogens with one attached hydrogen (secondary N) is 1. The number of benzene rings is 1. The summed E-state index contributed by atoms with van der Waals surface area (Å²) in [5.41, 5.74) is 0.0949. The molecule has 0 aliphatic carbocycles. The molecule has 26 heavy (non-hydrogen) atoms. The molecule has 3 rings (SSSR count). The van der Waals surface area contributed by atoms with E-state index in [2.05, 4.69) is 10.4 Å². The van der Waals surface area contributed by atoms with E-state index in [1.165, 1.54) is 30.1 Å². The van der Waals surface area contributed by atoms with Crippen LogP contribution in [0.4, 0.5) is 28.2 Å². The largest absolute Gasteiger partial charge is 0.323 e. The van der Waals surface area contributed by atoms with E-state index in [4.69, 9.17) is 0 Å². The van der Waals surface area contributed by atoms with Crippen molar-refractivity contribution >= 4 is 17.4 Å². The van der Waals surface area contributed by atoms with Gasteiger partial charge < -0.3 is 4.90 Å². The zero-order chi connectivity index (χ0) is 18.8. The van der Waals surface area contributed by atoms with Gasteiger partial charge in [-0.3, -0.25) is 10.00 Å². The minimum absolute atomic E-state index is 0.0164. The number of halogens is 4. The molecular formula is C17H16F4N4O. The summed E-state index contributed by atoms with van der Waals surface area (Å²) in [6.45, 7) is 0.378. The summed E-state index contributed by atoms with van der Waals surface area (Å²) in [5, 5.41) is 6.27. The van der Waals surface area contributed by atoms with Crippen molar-refractivity contribution in [1.82, 2.24) is 14.7 Å². The van der Waals surface area contributed by atoms with Gasteiger partial charge in [0.25, 0.3) is 6.43 Å². The highest BCUT2D eigenvalue weighted by atomic mass is 19.3. The van der Waals surface area contributed by atoms with E-state index < -0.39 is 24.1 Å². The minimum atomic E-state index is -2.70. The highest BCUT2D eigenvalue weighted by Gasteiger charge is 2.23. The molecule has 0 atom stereocenters. The second-order valence-electron chi connectivity index (χ2n) is 5.83. The van der Waals surface area contributed by atoms with E-state index in [-0.39, 0.29) is 36.6 Å². The predicted octanol–water partition coefficient (Wildman–Crippen LogP) is 3.96. The molecule has 0 saturated heterocycles. The molecule has 0 bridgehead atoms. The second-order valence-corrected chi connectivity index (χ2v) is 5.83. The topological polar surface area (TPSA) is 50.2 Å². The maximum atomic E-state index is 13.8. The fourth-order valence-electron chi connectivity index (χ4n) is 2.82. The number of anilines is 1. The highest BCUT2D eigenvalue weighted by Crippen LogP contribution is 2.27. The van der Waals surface area contributed by atoms with Gasteiger partial charge in [0.15, 0.2) is 5.82 Å². The third-order valence-corrected chi connectivity index (χ3v) is 4.15. The minimum Gasteiger partial charge on any atom is -0.320 e. The smallest absolute Gasteiger partial charge is 0.320 e. The molecule has 0 spiro atoms. The van der Waals surface area contributed by atoms with Gasteiger partial charge >= 0.3 is 6.03 Å². The molecule has 1 aromatic heterocycles. The molecule has 9 heteroatoms. The lowest BCUT2D eigenvalue weighted by molar-refractivity contribution is 0.141. The number of carbonyl (C=O) groups is 1. The average Bonchev–Trinajstić information content (AvgIpc) is 2.96. The van der Waals surface area contributed by atoms with E-state index in [0.29, 0.717) is 5.57 Å². The van der Waals surface area contributed by atoms with E-state index in [1.54, 1.807) is 6.08 Å². The summed E-state index contributed by atoms with van der Waals surface area (Å²) in [6.07, 6.45) is -0.849. The molecule has 1 aromatic carbocycles. The van der Waals surface area contributed by atoms with Crippen molar-refractivity contribution in [2.45, 2.75) is 12.8 Å². The van der Waals surface area contributed by atoms with Crippen molar-refractivity contribution in [3.63, 3.8) is 0 Å². The van der Waals surface area contributed by atoms with E-state index in [9.17, 15) is 22.4 Å². The zero-order valence-electron chi connectivity index (χ0n) is 13.8. The standard InChI is InChI=1S/C17H16F4N4O/c1-24-13(16(20)21)9-14(23-24)22-17(26)25-7-5-10(6-8-25)15-11(18)3-2-4-12(15)19/h2-5,9,16H,6-8H2,1H3,(H,22,23,26). The van der Waals surface area contributed by atoms with Gasteiger partial charge in [0.05, 0.1) is 0 Å². The lowest BCUT2D eigenvalue weighted by Crippen LogP contribution is -2.38. The third kappa shape index (κ3) is 3.56. The number of hydrogen-bond donors (Lipinski definition) is 1. The number of amides is 2. The molecule has 0 fully saturated rings. The lowest BCUT2D eigenvalue weighted by Gasteiger charge is -2.26. The Morgan fingerprint density at radius 2 is 1.96 bits per heavy atom. The number of alkyl halides is 2. The van der Waals surface area contributed by atoms with Gasteiger partial charge in [-0.05, 0) is 24.1 Å². The van der Waals surface area contributed by atoms with Crippen molar-refractivity contribution in [2.75, 3.05) is 18.4 Å². The first-order chi connectivity index (χ1) is 12.4. The molecule has 0 radical (unpaired) electrons. The molecule has 5 nitrogen and oxygen atoms in total. The molecule has 138 valence electrons. The maximum absolute atomic E-state index is 13.8. The van der Waals surface area contributed by atoms with Crippen LogP contribution >= 0.6 is 0 Å². The van der Waals surface area contributed by atoms with Crippen molar-refractivity contribution < 1.29 is 22.4 Å². The molecule has 2 heterocycles. The Bertz CT molecular complexity index is 842. The normalized spacial score (nSPS) is 14.5. The van der Waals surface area contributed by atoms with Gasteiger partial charge in [-0.2, -0.15) is 5.10 Å². The van der Waals surface area contributed by atoms with Crippen LogP contribution in [0.25, 0.3) is 5.57 Å². The quantitative estimate of drug-likeness (QED) is 0.834. The highest BCUT2D eigenvalue weighted by molar-refractivity contribution is 5.89. The fourth-order valence-corrected chi connectivity index (χ4v) is 2.82. The van der Waals surface area contributed by atoms with Crippen LogP contribution in [0.5, 0.6) is 0 Å². The molecular weight excluding hydrogens is 352 g/mol. The third-order valence-electron chi connectivity index (χ3n) is 4.15. The van der Waals surface area contributed by atoms with Crippen molar-refractivity contribution in [1.29, 1.82) is 0 Å². The first kappa shape index (κ1) is 18.0. The Labute approximate surface area is 146 Å². The number of urea groups is 1. The summed E-state index contributed by atoms with van der Waals surface area (Å²) in [4.78, 5) is 13.6. The first-order valence-electron chi connectivity index (χ1n) is 7.88. The van der Waals surface area contributed by atoms with Gasteiger partial charge in [-0.15, -0.1) is 0 Å². The monoisotopic (exact) mass is 368 g/mol. The van der Waals surface area contributed by atoms with E-state index >= 15 is 0 Å². The Morgan fingerprint density at radius 3 is 2.50 bits per heavy atom. The summed E-state index contributed by atoms with van der Waals surface area (Å²) < 4.78 is 54.2. The van der Waals surface area contributed by atoms with Crippen LogP contribution in [0.1, 0.15) is 24.1 Å². The maximum Gasteiger partial charge on any atom is 0.323 e. The van der Waals surface area contributed by atoms with Crippen LogP contribution in [0.15, 0.2) is 30.3 Å². The van der Waals surface area contributed by atoms with Crippen LogP contribution in [-0.4, -0.2) is 33.8 Å². The Hall–Kier alpha value is -2.84. The molecule has 1 N–H and O–H groups in total. The van der Waals surface area contributed by atoms with Crippen LogP contribution in [0, 0.1) is 11.6 Å². The Kier molecular flexibility index (Phi) is 4.97. The first-order valence-corrected chi connectivity index (χ1v) is 7.88. The fraction of sp³-hybridized carbons (Fsp3) is 0.294. The number of hydrogen-bond acceptors (Lipinski definition) is 2. The molecule has 2 amide bonds. The number of aromatic nitrogens is 2. The van der Waals surface area contributed by atoms with Crippen molar-refractivity contribution in [2.24, 2.45) is 7.05 Å². The van der Waals surface area contributed by atoms with Crippen LogP contribution in [0.2, 0.25) is 0 Å². The van der Waals surface area contributed by atoms with E-state index in [0.717, 1.165) is 10.7 Å². The molecule has 2 aromatic rings. The molecule has 1 aliphatic rings. The Morgan fingerprint density at radius 1 is 1.27 bits per heavy atom. The number of aryl methyl sites for hydroxylation is 1. The second kappa shape index (κ2) is 7.19. The SMILES string of the molecule is Cn1nc(NC(=O)N2CC=C(c3c(F)cccc3F)CC2)cc1C(F)F. The molecule has 0 saturated carbocycles. The number of nitrogens with zero attached hydrogens (tertiary/aromatic N) is 3. The van der Waals surface area contributed by atoms with Gasteiger partial charge in [0.2, 0.25) is 0 Å². The average molecular weight is 368 g/mol. The van der Waals surface area contributed by atoms with Crippen LogP contribution in [-0.2, 0) is 7.05 Å². The number of carbonyl (C=O) groups excluding carboxylic acids is 1. The van der Waals surface area contributed by atoms with E-state index in [1.807, 2.05) is 0 Å². The summed E-state index contributed by atoms with van der Waals surface area (Å²) >= 11 is 0. The summed E-state index contributed by atoms with van der Waals surface area (Å²) in [5.74, 6) is -1.29. The summed E-state index contributed by atoms with van der Waals surface area (Å²) in [7, 11) is 1.36. The lowest BCUT2D eigenvalue weighted by atomic mass is 9.98. The molecule has 1 aliphatic heterocycles. The number of rotatable bonds is 3. The molecule has 0 unspecified atom stereocenters. The van der Waals surface area contributed by atoms with Gasteiger partial charge in [0, 0.05) is 31.8 Å². The van der Waals surface area contributed by atoms with Gasteiger partial charge in [-0.25, -0.2) is 22.4 Å². The van der Waals surface area contributed by atoms with Crippen LogP contribution < -0.4 is 5.32 Å². The van der Waals surface area contributed by atoms with Crippen LogP contribution in [0.3, 0.4) is 0 Å². The predicted molar refractivity (Wildman–Crippen MR) is 87.7 cm³/mol. The zero-order valence-corrected chi connectivity index (χ0v) is 13.8. The Balaban J connectivity index is 1.68. The van der Waals surface area contributed by atoms with Gasteiger partial charge in [-0.1, -0.05) is 12.1 Å². The summed E-state index contributed by atoms with van der Waals surface area (Å²) in [6, 6.07) is 4.23. The van der Waals surface area contributed by atoms with Gasteiger partial charge in [0.1, 0.15) is 17.3 Å².